The van der Waals surface area contributed by atoms with Crippen LogP contribution in [-0.2, 0) is 4.79 Å². The minimum Gasteiger partial charge on any atom is -0.545 e. The van der Waals surface area contributed by atoms with Gasteiger partial charge in [0.1, 0.15) is 0 Å². The number of aromatic carboxylic acids is 1. The normalized spacial score (nSPS) is 13.8. The maximum absolute atomic E-state index is 12.0. The van der Waals surface area contributed by atoms with E-state index in [1.165, 1.54) is 23.5 Å². The molecule has 1 aliphatic rings. The highest BCUT2D eigenvalue weighted by Crippen LogP contribution is 2.30. The Morgan fingerprint density at radius 3 is 2.70 bits per heavy atom. The summed E-state index contributed by atoms with van der Waals surface area (Å²) in [7, 11) is 0. The van der Waals surface area contributed by atoms with E-state index in [4.69, 9.17) is 0 Å². The number of anilines is 3. The number of aromatic nitrogens is 1. The van der Waals surface area contributed by atoms with Gasteiger partial charge in [-0.2, -0.15) is 0 Å². The molecule has 1 saturated heterocycles. The summed E-state index contributed by atoms with van der Waals surface area (Å²) in [6, 6.07) is 14.1. The molecule has 0 unspecified atom stereocenters. The quantitative estimate of drug-likeness (QED) is 0.738. The van der Waals surface area contributed by atoms with Crippen LogP contribution in [0.2, 0.25) is 0 Å². The lowest BCUT2D eigenvalue weighted by atomic mass is 10.1. The smallest absolute Gasteiger partial charge is 0.227 e. The van der Waals surface area contributed by atoms with Crippen molar-refractivity contribution < 1.29 is 14.7 Å². The van der Waals surface area contributed by atoms with E-state index in [9.17, 15) is 14.7 Å². The summed E-state index contributed by atoms with van der Waals surface area (Å²) in [5, 5.41) is 16.6. The molecule has 6 nitrogen and oxygen atoms in total. The van der Waals surface area contributed by atoms with Crippen LogP contribution >= 0.6 is 11.3 Å². The number of hydrogen-bond acceptors (Lipinski definition) is 6. The monoisotopic (exact) mass is 378 g/mol. The second-order valence-corrected chi connectivity index (χ2v) is 7.09. The van der Waals surface area contributed by atoms with Crippen molar-refractivity contribution in [3.05, 3.63) is 59.5 Å². The molecular weight excluding hydrogens is 362 g/mol. The lowest BCUT2D eigenvalue weighted by Crippen LogP contribution is -2.23. The molecular formula is C20H16N3O3S-. The van der Waals surface area contributed by atoms with Crippen LogP contribution in [0.4, 0.5) is 16.5 Å². The van der Waals surface area contributed by atoms with Crippen LogP contribution in [0.5, 0.6) is 0 Å². The van der Waals surface area contributed by atoms with Crippen LogP contribution in [0.25, 0.3) is 11.3 Å². The fourth-order valence-corrected chi connectivity index (χ4v) is 3.77. The van der Waals surface area contributed by atoms with Gasteiger partial charge in [-0.1, -0.05) is 24.3 Å². The van der Waals surface area contributed by atoms with Crippen molar-refractivity contribution in [3.8, 4) is 11.3 Å². The molecule has 0 bridgehead atoms. The third-order valence-electron chi connectivity index (χ3n) is 4.40. The van der Waals surface area contributed by atoms with Gasteiger partial charge in [0.2, 0.25) is 5.91 Å². The predicted octanol–water partition coefficient (Wildman–Crippen LogP) is 3.04. The predicted molar refractivity (Wildman–Crippen MR) is 103 cm³/mol. The summed E-state index contributed by atoms with van der Waals surface area (Å²) in [6.45, 7) is 0.758. The molecule has 1 fully saturated rings. The molecule has 1 N–H and O–H groups in total. The lowest BCUT2D eigenvalue weighted by Gasteiger charge is -2.16. The number of amides is 1. The summed E-state index contributed by atoms with van der Waals surface area (Å²) < 4.78 is 0. The first kappa shape index (κ1) is 17.2. The fourth-order valence-electron chi connectivity index (χ4n) is 3.03. The highest BCUT2D eigenvalue weighted by molar-refractivity contribution is 7.14. The molecule has 1 amide bonds. The number of benzene rings is 2. The van der Waals surface area contributed by atoms with Gasteiger partial charge in [0.05, 0.1) is 11.7 Å². The number of carbonyl (C=O) groups excluding carboxylic acids is 2. The third-order valence-corrected chi connectivity index (χ3v) is 5.16. The second kappa shape index (κ2) is 7.20. The lowest BCUT2D eigenvalue weighted by molar-refractivity contribution is -0.255. The molecule has 0 saturated carbocycles. The molecule has 7 heteroatoms. The van der Waals surface area contributed by atoms with Crippen LogP contribution in [0.15, 0.2) is 53.9 Å². The Morgan fingerprint density at radius 1 is 1.19 bits per heavy atom. The number of carboxylic acids is 1. The summed E-state index contributed by atoms with van der Waals surface area (Å²) in [5.41, 5.74) is 3.55. The summed E-state index contributed by atoms with van der Waals surface area (Å²) >= 11 is 1.46. The van der Waals surface area contributed by atoms with E-state index in [0.29, 0.717) is 11.6 Å². The first-order valence-electron chi connectivity index (χ1n) is 8.55. The van der Waals surface area contributed by atoms with Crippen molar-refractivity contribution in [2.75, 3.05) is 16.8 Å². The number of carbonyl (C=O) groups is 2. The molecule has 27 heavy (non-hydrogen) atoms. The van der Waals surface area contributed by atoms with Crippen LogP contribution < -0.4 is 15.3 Å². The first-order valence-corrected chi connectivity index (χ1v) is 9.43. The average Bonchev–Trinajstić information content (AvgIpc) is 3.31. The zero-order chi connectivity index (χ0) is 18.8. The molecule has 0 atom stereocenters. The first-order chi connectivity index (χ1) is 13.1. The van der Waals surface area contributed by atoms with E-state index in [0.717, 1.165) is 35.6 Å². The highest BCUT2D eigenvalue weighted by atomic mass is 32.1. The minimum absolute atomic E-state index is 0.133. The Labute approximate surface area is 160 Å². The van der Waals surface area contributed by atoms with Gasteiger partial charge in [-0.15, -0.1) is 11.3 Å². The van der Waals surface area contributed by atoms with E-state index < -0.39 is 5.97 Å². The summed E-state index contributed by atoms with van der Waals surface area (Å²) in [4.78, 5) is 29.2. The number of carboxylic acid groups (broad SMARTS) is 1. The van der Waals surface area contributed by atoms with Gasteiger partial charge in [0.25, 0.3) is 0 Å². The number of hydrogen-bond donors (Lipinski definition) is 1. The Morgan fingerprint density at radius 2 is 2.00 bits per heavy atom. The van der Waals surface area contributed by atoms with Gasteiger partial charge in [0.15, 0.2) is 5.13 Å². The van der Waals surface area contributed by atoms with E-state index in [2.05, 4.69) is 10.3 Å². The standard InChI is InChI=1S/C20H17N3O3S/c24-18-5-2-10-23(18)16-4-1-3-14(11-16)17-12-27-20(22-17)21-15-8-6-13(7-9-15)19(25)26/h1,3-4,6-9,11-12H,2,5,10H2,(H,21,22)(H,25,26)/p-1. The van der Waals surface area contributed by atoms with Gasteiger partial charge in [-0.25, -0.2) is 4.98 Å². The summed E-state index contributed by atoms with van der Waals surface area (Å²) in [6.07, 6.45) is 1.50. The van der Waals surface area contributed by atoms with Crippen molar-refractivity contribution in [1.29, 1.82) is 0 Å². The molecule has 4 rings (SSSR count). The zero-order valence-electron chi connectivity index (χ0n) is 14.3. The van der Waals surface area contributed by atoms with E-state index in [-0.39, 0.29) is 11.5 Å². The zero-order valence-corrected chi connectivity index (χ0v) is 15.2. The third kappa shape index (κ3) is 3.68. The molecule has 136 valence electrons. The molecule has 0 aliphatic carbocycles. The van der Waals surface area contributed by atoms with Crippen LogP contribution in [0.3, 0.4) is 0 Å². The average molecular weight is 378 g/mol. The minimum atomic E-state index is -1.20. The molecule has 0 spiro atoms. The maximum Gasteiger partial charge on any atom is 0.227 e. The SMILES string of the molecule is O=C([O-])c1ccc(Nc2nc(-c3cccc(N4CCCC4=O)c3)cs2)cc1. The van der Waals surface area contributed by atoms with E-state index in [1.54, 1.807) is 12.1 Å². The van der Waals surface area contributed by atoms with Gasteiger partial charge in [-0.3, -0.25) is 4.79 Å². The van der Waals surface area contributed by atoms with Crippen molar-refractivity contribution in [3.63, 3.8) is 0 Å². The number of rotatable bonds is 5. The topological polar surface area (TPSA) is 85.4 Å². The van der Waals surface area contributed by atoms with Crippen molar-refractivity contribution >= 4 is 39.7 Å². The largest absolute Gasteiger partial charge is 0.545 e. The molecule has 1 aliphatic heterocycles. The van der Waals surface area contributed by atoms with E-state index in [1.807, 2.05) is 34.5 Å². The molecule has 1 aromatic heterocycles. The highest BCUT2D eigenvalue weighted by Gasteiger charge is 2.21. The molecule has 3 aromatic rings. The second-order valence-electron chi connectivity index (χ2n) is 6.23. The van der Waals surface area contributed by atoms with Crippen LogP contribution in [0, 0.1) is 0 Å². The molecule has 2 heterocycles. The maximum atomic E-state index is 12.0. The van der Waals surface area contributed by atoms with Gasteiger partial charge in [-0.05, 0) is 36.2 Å². The van der Waals surface area contributed by atoms with Crippen molar-refractivity contribution in [1.82, 2.24) is 4.98 Å². The fraction of sp³-hybridized carbons (Fsp3) is 0.150. The number of nitrogens with zero attached hydrogens (tertiary/aromatic N) is 2. The van der Waals surface area contributed by atoms with E-state index >= 15 is 0 Å². The van der Waals surface area contributed by atoms with Crippen molar-refractivity contribution in [2.45, 2.75) is 12.8 Å². The Balaban J connectivity index is 1.52. The van der Waals surface area contributed by atoms with Gasteiger partial charge < -0.3 is 20.1 Å². The molecule has 0 radical (unpaired) electrons. The van der Waals surface area contributed by atoms with Crippen molar-refractivity contribution in [2.24, 2.45) is 0 Å². The molecule has 2 aromatic carbocycles. The number of nitrogens with one attached hydrogen (secondary N) is 1. The Kier molecular flexibility index (Phi) is 4.60. The van der Waals surface area contributed by atoms with Crippen LogP contribution in [0.1, 0.15) is 23.2 Å². The number of thiazole rings is 1. The van der Waals surface area contributed by atoms with Gasteiger partial charge >= 0.3 is 0 Å². The Hall–Kier alpha value is -3.19. The van der Waals surface area contributed by atoms with Crippen LogP contribution in [-0.4, -0.2) is 23.4 Å². The summed E-state index contributed by atoms with van der Waals surface area (Å²) in [5.74, 6) is -1.04. The Bertz CT molecular complexity index is 998. The van der Waals surface area contributed by atoms with Gasteiger partial charge in [0, 0.05) is 35.3 Å².